The summed E-state index contributed by atoms with van der Waals surface area (Å²) in [5, 5.41) is 0. The van der Waals surface area contributed by atoms with Crippen molar-refractivity contribution in [1.29, 1.82) is 0 Å². The van der Waals surface area contributed by atoms with Gasteiger partial charge >= 0.3 is 0 Å². The molecule has 1 aromatic carbocycles. The monoisotopic (exact) mass is 311 g/mol. The lowest BCUT2D eigenvalue weighted by molar-refractivity contribution is 0.265. The highest BCUT2D eigenvalue weighted by atomic mass is 32.2. The van der Waals surface area contributed by atoms with E-state index in [2.05, 4.69) is 23.5 Å². The zero-order valence-electron chi connectivity index (χ0n) is 13.0. The normalized spacial score (nSPS) is 20.3. The Bertz CT molecular complexity index is 599. The first kappa shape index (κ1) is 16.3. The molecule has 6 heteroatoms. The van der Waals surface area contributed by atoms with Gasteiger partial charge in [0.1, 0.15) is 0 Å². The van der Waals surface area contributed by atoms with Gasteiger partial charge in [-0.3, -0.25) is 0 Å². The van der Waals surface area contributed by atoms with Gasteiger partial charge in [-0.15, -0.1) is 0 Å². The Balaban J connectivity index is 2.01. The van der Waals surface area contributed by atoms with Crippen LogP contribution in [0.2, 0.25) is 0 Å². The van der Waals surface area contributed by atoms with Crippen molar-refractivity contribution in [2.24, 2.45) is 5.92 Å². The summed E-state index contributed by atoms with van der Waals surface area (Å²) in [5.41, 5.74) is 6.88. The minimum absolute atomic E-state index is 0.279. The SMILES string of the molecule is Cc1ccc(N)cc1S(=O)(=O)NCC1CCN(C(C)C)C1. The molecule has 0 saturated carbocycles. The highest BCUT2D eigenvalue weighted by Gasteiger charge is 2.26. The summed E-state index contributed by atoms with van der Waals surface area (Å²) in [5.74, 6) is 0.378. The molecule has 1 fully saturated rings. The van der Waals surface area contributed by atoms with Crippen LogP contribution in [-0.2, 0) is 10.0 Å². The number of rotatable bonds is 5. The van der Waals surface area contributed by atoms with Crippen molar-refractivity contribution >= 4 is 15.7 Å². The van der Waals surface area contributed by atoms with Gasteiger partial charge in [-0.05, 0) is 57.4 Å². The Morgan fingerprint density at radius 2 is 2.14 bits per heavy atom. The average molecular weight is 311 g/mol. The molecule has 118 valence electrons. The fraction of sp³-hybridized carbons (Fsp3) is 0.600. The van der Waals surface area contributed by atoms with Crippen LogP contribution in [0.15, 0.2) is 23.1 Å². The second-order valence-corrected chi connectivity index (χ2v) is 7.86. The van der Waals surface area contributed by atoms with Gasteiger partial charge in [0.05, 0.1) is 4.90 Å². The van der Waals surface area contributed by atoms with E-state index in [1.54, 1.807) is 19.1 Å². The molecule has 0 spiro atoms. The third-order valence-electron chi connectivity index (χ3n) is 4.11. The number of anilines is 1. The van der Waals surface area contributed by atoms with Crippen molar-refractivity contribution in [2.45, 2.75) is 38.1 Å². The number of nitrogens with two attached hydrogens (primary N) is 1. The molecule has 2 rings (SSSR count). The smallest absolute Gasteiger partial charge is 0.240 e. The quantitative estimate of drug-likeness (QED) is 0.810. The van der Waals surface area contributed by atoms with Gasteiger partial charge in [-0.25, -0.2) is 13.1 Å². The van der Waals surface area contributed by atoms with Crippen molar-refractivity contribution in [2.75, 3.05) is 25.4 Å². The molecule has 1 aliphatic heterocycles. The molecule has 1 aromatic rings. The van der Waals surface area contributed by atoms with E-state index in [-0.39, 0.29) is 4.90 Å². The number of nitrogens with one attached hydrogen (secondary N) is 1. The van der Waals surface area contributed by atoms with E-state index in [1.807, 2.05) is 0 Å². The Morgan fingerprint density at radius 3 is 2.76 bits per heavy atom. The molecule has 1 unspecified atom stereocenters. The van der Waals surface area contributed by atoms with E-state index in [0.29, 0.717) is 29.8 Å². The van der Waals surface area contributed by atoms with Crippen molar-refractivity contribution in [3.05, 3.63) is 23.8 Å². The minimum atomic E-state index is -3.49. The van der Waals surface area contributed by atoms with E-state index in [4.69, 9.17) is 5.73 Å². The first-order valence-electron chi connectivity index (χ1n) is 7.39. The van der Waals surface area contributed by atoms with Crippen molar-refractivity contribution in [1.82, 2.24) is 9.62 Å². The zero-order chi connectivity index (χ0) is 15.6. The third-order valence-corrected chi connectivity index (χ3v) is 5.68. The Morgan fingerprint density at radius 1 is 1.43 bits per heavy atom. The van der Waals surface area contributed by atoms with Crippen LogP contribution < -0.4 is 10.5 Å². The Hall–Kier alpha value is -1.11. The summed E-state index contributed by atoms with van der Waals surface area (Å²) in [6.45, 7) is 8.60. The Labute approximate surface area is 127 Å². The van der Waals surface area contributed by atoms with Gasteiger partial charge in [0.15, 0.2) is 0 Å². The number of nitrogens with zero attached hydrogens (tertiary/aromatic N) is 1. The number of aryl methyl sites for hydroxylation is 1. The lowest BCUT2D eigenvalue weighted by Gasteiger charge is -2.20. The molecule has 21 heavy (non-hydrogen) atoms. The van der Waals surface area contributed by atoms with Gasteiger partial charge in [0.2, 0.25) is 10.0 Å². The first-order valence-corrected chi connectivity index (χ1v) is 8.88. The average Bonchev–Trinajstić information content (AvgIpc) is 2.88. The van der Waals surface area contributed by atoms with Crippen molar-refractivity contribution in [3.63, 3.8) is 0 Å². The second-order valence-electron chi connectivity index (χ2n) is 6.12. The molecular formula is C15H25N3O2S. The van der Waals surface area contributed by atoms with E-state index in [1.165, 1.54) is 6.07 Å². The highest BCUT2D eigenvalue weighted by Crippen LogP contribution is 2.21. The summed E-state index contributed by atoms with van der Waals surface area (Å²) < 4.78 is 27.5. The van der Waals surface area contributed by atoms with E-state index in [9.17, 15) is 8.42 Å². The molecule has 1 atom stereocenters. The van der Waals surface area contributed by atoms with Crippen LogP contribution in [0.5, 0.6) is 0 Å². The predicted octanol–water partition coefficient (Wildman–Crippen LogP) is 1.59. The zero-order valence-corrected chi connectivity index (χ0v) is 13.8. The van der Waals surface area contributed by atoms with Gasteiger partial charge in [0, 0.05) is 24.8 Å². The molecule has 0 radical (unpaired) electrons. The lowest BCUT2D eigenvalue weighted by atomic mass is 10.1. The van der Waals surface area contributed by atoms with Crippen LogP contribution in [0.4, 0.5) is 5.69 Å². The largest absolute Gasteiger partial charge is 0.399 e. The molecule has 5 nitrogen and oxygen atoms in total. The number of nitrogen functional groups attached to an aromatic ring is 1. The van der Waals surface area contributed by atoms with Crippen LogP contribution in [0.3, 0.4) is 0 Å². The molecule has 0 aliphatic carbocycles. The second kappa shape index (κ2) is 6.34. The van der Waals surface area contributed by atoms with Crippen molar-refractivity contribution in [3.8, 4) is 0 Å². The maximum absolute atomic E-state index is 12.4. The van der Waals surface area contributed by atoms with Gasteiger partial charge < -0.3 is 10.6 Å². The fourth-order valence-corrected chi connectivity index (χ4v) is 4.10. The van der Waals surface area contributed by atoms with E-state index in [0.717, 1.165) is 19.5 Å². The van der Waals surface area contributed by atoms with Gasteiger partial charge in [-0.1, -0.05) is 6.07 Å². The van der Waals surface area contributed by atoms with Crippen LogP contribution in [0.1, 0.15) is 25.8 Å². The molecule has 3 N–H and O–H groups in total. The highest BCUT2D eigenvalue weighted by molar-refractivity contribution is 7.89. The maximum atomic E-state index is 12.4. The maximum Gasteiger partial charge on any atom is 0.240 e. The fourth-order valence-electron chi connectivity index (χ4n) is 2.71. The molecule has 1 aliphatic rings. The number of hydrogen-bond donors (Lipinski definition) is 2. The topological polar surface area (TPSA) is 75.4 Å². The summed E-state index contributed by atoms with van der Waals surface area (Å²) in [6, 6.07) is 5.49. The molecular weight excluding hydrogens is 286 g/mol. The molecule has 1 heterocycles. The van der Waals surface area contributed by atoms with Gasteiger partial charge in [-0.2, -0.15) is 0 Å². The molecule has 0 amide bonds. The van der Waals surface area contributed by atoms with E-state index >= 15 is 0 Å². The minimum Gasteiger partial charge on any atom is -0.399 e. The van der Waals surface area contributed by atoms with Crippen LogP contribution >= 0.6 is 0 Å². The summed E-state index contributed by atoms with van der Waals surface area (Å²) in [7, 11) is -3.49. The summed E-state index contributed by atoms with van der Waals surface area (Å²) >= 11 is 0. The molecule has 0 aromatic heterocycles. The lowest BCUT2D eigenvalue weighted by Crippen LogP contribution is -2.33. The van der Waals surface area contributed by atoms with Gasteiger partial charge in [0.25, 0.3) is 0 Å². The third kappa shape index (κ3) is 3.96. The van der Waals surface area contributed by atoms with Crippen LogP contribution in [0, 0.1) is 12.8 Å². The summed E-state index contributed by atoms with van der Waals surface area (Å²) in [4.78, 5) is 2.66. The number of likely N-dealkylation sites (tertiary alicyclic amines) is 1. The van der Waals surface area contributed by atoms with E-state index < -0.39 is 10.0 Å². The predicted molar refractivity (Wildman–Crippen MR) is 85.6 cm³/mol. The molecule has 0 bridgehead atoms. The summed E-state index contributed by atoms with van der Waals surface area (Å²) in [6.07, 6.45) is 1.04. The van der Waals surface area contributed by atoms with Crippen molar-refractivity contribution < 1.29 is 8.42 Å². The van der Waals surface area contributed by atoms with Crippen LogP contribution in [0.25, 0.3) is 0 Å². The van der Waals surface area contributed by atoms with Crippen LogP contribution in [-0.4, -0.2) is 39.0 Å². The standard InChI is InChI=1S/C15H25N3O2S/c1-11(2)18-7-6-13(10-18)9-17-21(19,20)15-8-14(16)5-4-12(15)3/h4-5,8,11,13,17H,6-7,9-10,16H2,1-3H3. The number of hydrogen-bond acceptors (Lipinski definition) is 4. The first-order chi connectivity index (χ1) is 9.79. The Kier molecular flexibility index (Phi) is 4.91. The molecule has 1 saturated heterocycles. The number of benzene rings is 1. The number of sulfonamides is 1.